The Morgan fingerprint density at radius 3 is 2.57 bits per heavy atom. The van der Waals surface area contributed by atoms with E-state index >= 15 is 0 Å². The summed E-state index contributed by atoms with van der Waals surface area (Å²) in [7, 11) is 0. The zero-order chi connectivity index (χ0) is 30.7. The molecule has 2 heterocycles. The molecule has 1 fully saturated rings. The Hall–Kier alpha value is -3.44. The molecule has 0 bridgehead atoms. The molecule has 0 spiro atoms. The predicted molar refractivity (Wildman–Crippen MR) is 173 cm³/mol. The molecule has 0 amide bonds. The largest absolute Gasteiger partial charge is 0.508 e. The van der Waals surface area contributed by atoms with Gasteiger partial charge in [-0.1, -0.05) is 36.5 Å². The lowest BCUT2D eigenvalue weighted by molar-refractivity contribution is 0.0166. The van der Waals surface area contributed by atoms with Gasteiger partial charge in [0.1, 0.15) is 5.75 Å². The van der Waals surface area contributed by atoms with Crippen molar-refractivity contribution in [2.45, 2.75) is 108 Å². The Labute approximate surface area is 262 Å². The highest BCUT2D eigenvalue weighted by Crippen LogP contribution is 2.32. The molecule has 2 aliphatic heterocycles. The minimum Gasteiger partial charge on any atom is -0.508 e. The zero-order valence-electron chi connectivity index (χ0n) is 25.7. The highest BCUT2D eigenvalue weighted by atomic mass is 16.5. The topological polar surface area (TPSA) is 117 Å². The second-order valence-electron chi connectivity index (χ2n) is 12.6. The Bertz CT molecular complexity index is 1340. The molecular weight excluding hydrogens is 552 g/mol. The number of ether oxygens (including phenoxy) is 2. The van der Waals surface area contributed by atoms with E-state index in [0.717, 1.165) is 61.7 Å². The summed E-state index contributed by atoms with van der Waals surface area (Å²) in [5, 5.41) is 34.2. The van der Waals surface area contributed by atoms with E-state index in [2.05, 4.69) is 17.2 Å². The Morgan fingerprint density at radius 1 is 0.955 bits per heavy atom. The molecule has 3 aliphatic rings. The molecule has 1 saturated carbocycles. The number of nitrogens with two attached hydrogens (primary N) is 1. The van der Waals surface area contributed by atoms with Crippen molar-refractivity contribution in [3.05, 3.63) is 77.0 Å². The third-order valence-corrected chi connectivity index (χ3v) is 9.00. The summed E-state index contributed by atoms with van der Waals surface area (Å²) in [6.45, 7) is 0.412. The number of aliphatic hydroxyl groups is 1. The number of phenolic OH excluding ortho intramolecular Hbond substituents is 2. The van der Waals surface area contributed by atoms with Crippen LogP contribution in [0.5, 0.6) is 17.2 Å². The predicted octanol–water partition coefficient (Wildman–Crippen LogP) is 6.01. The molecule has 236 valence electrons. The molecule has 5 rings (SSSR count). The summed E-state index contributed by atoms with van der Waals surface area (Å²) in [4.78, 5) is 0. The molecule has 4 atom stereocenters. The Morgan fingerprint density at radius 2 is 1.75 bits per heavy atom. The molecule has 0 saturated heterocycles. The Kier molecular flexibility index (Phi) is 11.7. The van der Waals surface area contributed by atoms with Crippen molar-refractivity contribution < 1.29 is 24.8 Å². The van der Waals surface area contributed by atoms with Crippen molar-refractivity contribution in [1.82, 2.24) is 5.32 Å². The molecule has 6 N–H and O–H groups in total. The monoisotopic (exact) mass is 600 g/mol. The molecule has 2 aromatic carbocycles. The lowest BCUT2D eigenvalue weighted by Crippen LogP contribution is -2.35. The first kappa shape index (κ1) is 32.0. The minimum atomic E-state index is -0.509. The molecule has 7 heteroatoms. The standard InChI is InChI=1S/C37H48N2O5/c38-37-22-29-16-11-26(9-10-27-12-17-31(40)18-13-27)5-4-8-34(43-25-30(29)24-39-37)23-32(41)19-14-28-15-20-35(42)36(21-28)44-33-6-2-1-3-7-33/h12-13,15,17-18,20-22,24,26,32-34,37,39-42H,1-10,14,19,23,25,38H2/t26-,32-,34+,37?/m1/s1. The van der Waals surface area contributed by atoms with Gasteiger partial charge < -0.3 is 35.8 Å². The fourth-order valence-electron chi connectivity index (χ4n) is 6.32. The number of nitrogens with one attached hydrogen (secondary N) is 1. The van der Waals surface area contributed by atoms with Gasteiger partial charge in [-0.25, -0.2) is 0 Å². The van der Waals surface area contributed by atoms with Crippen LogP contribution in [0.1, 0.15) is 81.8 Å². The average molecular weight is 601 g/mol. The van der Waals surface area contributed by atoms with Gasteiger partial charge in [-0.3, -0.25) is 0 Å². The summed E-state index contributed by atoms with van der Waals surface area (Å²) < 4.78 is 12.5. The fourth-order valence-corrected chi connectivity index (χ4v) is 6.32. The second kappa shape index (κ2) is 16.0. The number of rotatable bonds is 10. The van der Waals surface area contributed by atoms with Gasteiger partial charge in [0.15, 0.2) is 11.5 Å². The van der Waals surface area contributed by atoms with Gasteiger partial charge in [-0.05, 0) is 119 Å². The first-order valence-corrected chi connectivity index (χ1v) is 16.4. The van der Waals surface area contributed by atoms with Crippen molar-refractivity contribution in [1.29, 1.82) is 0 Å². The van der Waals surface area contributed by atoms with Crippen LogP contribution in [0.3, 0.4) is 0 Å². The number of phenols is 2. The minimum absolute atomic E-state index is 0.0800. The number of hydrogen-bond acceptors (Lipinski definition) is 7. The normalized spacial score (nSPS) is 23.5. The number of aryl methyl sites for hydroxylation is 2. The van der Waals surface area contributed by atoms with E-state index in [-0.39, 0.29) is 35.8 Å². The van der Waals surface area contributed by atoms with E-state index in [1.807, 2.05) is 36.5 Å². The molecule has 7 nitrogen and oxygen atoms in total. The van der Waals surface area contributed by atoms with Crippen LogP contribution in [0.15, 0.2) is 65.9 Å². The maximum atomic E-state index is 11.1. The van der Waals surface area contributed by atoms with Gasteiger partial charge in [0.05, 0.1) is 31.1 Å². The third kappa shape index (κ3) is 9.79. The van der Waals surface area contributed by atoms with Crippen molar-refractivity contribution in [2.24, 2.45) is 11.7 Å². The lowest BCUT2D eigenvalue weighted by Gasteiger charge is -2.24. The van der Waals surface area contributed by atoms with Crippen molar-refractivity contribution in [3.63, 3.8) is 0 Å². The SMILES string of the molecule is NC1C=C2C#C[C@@H](CCc3ccc(O)cc3)CCC[C@@H](C[C@H](O)CCc3ccc(O)c(OC4CCCCC4)c3)OCC2=CN1. The van der Waals surface area contributed by atoms with Crippen molar-refractivity contribution >= 4 is 0 Å². The zero-order valence-corrected chi connectivity index (χ0v) is 25.7. The van der Waals surface area contributed by atoms with E-state index in [4.69, 9.17) is 15.2 Å². The molecule has 1 aliphatic carbocycles. The van der Waals surface area contributed by atoms with E-state index in [0.29, 0.717) is 31.6 Å². The summed E-state index contributed by atoms with van der Waals surface area (Å²) in [5.74, 6) is 8.15. The summed E-state index contributed by atoms with van der Waals surface area (Å²) in [6, 6.07) is 13.0. The van der Waals surface area contributed by atoms with E-state index in [9.17, 15) is 15.3 Å². The van der Waals surface area contributed by atoms with Gasteiger partial charge in [0.25, 0.3) is 0 Å². The number of dihydropyridines is 1. The molecule has 44 heavy (non-hydrogen) atoms. The molecule has 0 radical (unpaired) electrons. The number of aliphatic hydroxyl groups excluding tert-OH is 1. The van der Waals surface area contributed by atoms with E-state index < -0.39 is 6.10 Å². The van der Waals surface area contributed by atoms with Crippen LogP contribution in [-0.4, -0.2) is 46.4 Å². The van der Waals surface area contributed by atoms with E-state index in [1.165, 1.54) is 24.8 Å². The average Bonchev–Trinajstić information content (AvgIpc) is 3.06. The number of fused-ring (bicyclic) bond motifs is 1. The third-order valence-electron chi connectivity index (χ3n) is 9.00. The quantitative estimate of drug-likeness (QED) is 0.212. The molecule has 0 aromatic heterocycles. The first-order chi connectivity index (χ1) is 21.4. The molecule has 2 aromatic rings. The number of benzene rings is 2. The number of aromatic hydroxyl groups is 2. The van der Waals surface area contributed by atoms with Gasteiger partial charge in [0.2, 0.25) is 0 Å². The highest BCUT2D eigenvalue weighted by molar-refractivity contribution is 5.48. The maximum Gasteiger partial charge on any atom is 0.161 e. The number of hydrogen-bond donors (Lipinski definition) is 5. The molecular formula is C37H48N2O5. The van der Waals surface area contributed by atoms with Crippen molar-refractivity contribution in [3.8, 4) is 29.1 Å². The highest BCUT2D eigenvalue weighted by Gasteiger charge is 2.21. The first-order valence-electron chi connectivity index (χ1n) is 16.4. The summed E-state index contributed by atoms with van der Waals surface area (Å²) >= 11 is 0. The van der Waals surface area contributed by atoms with Crippen LogP contribution in [0.2, 0.25) is 0 Å². The lowest BCUT2D eigenvalue weighted by atomic mass is 9.92. The van der Waals surface area contributed by atoms with Gasteiger partial charge in [0, 0.05) is 23.3 Å². The summed E-state index contributed by atoms with van der Waals surface area (Å²) in [5.41, 5.74) is 10.3. The van der Waals surface area contributed by atoms with Crippen molar-refractivity contribution in [2.75, 3.05) is 6.61 Å². The van der Waals surface area contributed by atoms with Gasteiger partial charge in [-0.15, -0.1) is 0 Å². The van der Waals surface area contributed by atoms with Gasteiger partial charge in [-0.2, -0.15) is 0 Å². The van der Waals surface area contributed by atoms with E-state index in [1.54, 1.807) is 18.2 Å². The van der Waals surface area contributed by atoms with Crippen LogP contribution in [-0.2, 0) is 17.6 Å². The molecule has 1 unspecified atom stereocenters. The van der Waals surface area contributed by atoms with Crippen LogP contribution in [0.4, 0.5) is 0 Å². The van der Waals surface area contributed by atoms with Crippen LogP contribution in [0.25, 0.3) is 0 Å². The smallest absolute Gasteiger partial charge is 0.161 e. The van der Waals surface area contributed by atoms with Crippen LogP contribution in [0, 0.1) is 17.8 Å². The summed E-state index contributed by atoms with van der Waals surface area (Å²) in [6.07, 6.45) is 15.3. The maximum absolute atomic E-state index is 11.1. The van der Waals surface area contributed by atoms with Gasteiger partial charge >= 0.3 is 0 Å². The van der Waals surface area contributed by atoms with Crippen LogP contribution >= 0.6 is 0 Å². The second-order valence-corrected chi connectivity index (χ2v) is 12.6. The van der Waals surface area contributed by atoms with Crippen LogP contribution < -0.4 is 15.8 Å². The Balaban J connectivity index is 1.18. The fraction of sp³-hybridized carbons (Fsp3) is 0.514.